The zero-order valence-corrected chi connectivity index (χ0v) is 7.50. The Balaban J connectivity index is 2.61. The van der Waals surface area contributed by atoms with Crippen LogP contribution in [0.4, 0.5) is 6.01 Å². The van der Waals surface area contributed by atoms with E-state index >= 15 is 0 Å². The molecule has 0 saturated carbocycles. The van der Waals surface area contributed by atoms with Gasteiger partial charge in [-0.2, -0.15) is 4.98 Å². The van der Waals surface area contributed by atoms with E-state index in [2.05, 4.69) is 15.5 Å². The standard InChI is InChI=1S/C7H13N3O2/c1-4-11-5(2)6-9-7(8-3)12-10-6/h5H,4H2,1-3H3,(H,8,9,10). The van der Waals surface area contributed by atoms with Crippen LogP contribution in [0.5, 0.6) is 0 Å². The molecule has 5 nitrogen and oxygen atoms in total. The van der Waals surface area contributed by atoms with Crippen LogP contribution < -0.4 is 5.32 Å². The molecule has 0 saturated heterocycles. The Labute approximate surface area is 71.1 Å². The van der Waals surface area contributed by atoms with E-state index in [1.54, 1.807) is 7.05 Å². The van der Waals surface area contributed by atoms with Gasteiger partial charge in [0.1, 0.15) is 6.10 Å². The van der Waals surface area contributed by atoms with Crippen molar-refractivity contribution in [2.24, 2.45) is 0 Å². The number of nitrogens with zero attached hydrogens (tertiary/aromatic N) is 2. The smallest absolute Gasteiger partial charge is 0.321 e. The van der Waals surface area contributed by atoms with Gasteiger partial charge in [0.15, 0.2) is 0 Å². The van der Waals surface area contributed by atoms with Crippen molar-refractivity contribution >= 4 is 6.01 Å². The molecular weight excluding hydrogens is 158 g/mol. The van der Waals surface area contributed by atoms with E-state index < -0.39 is 0 Å². The van der Waals surface area contributed by atoms with E-state index in [9.17, 15) is 0 Å². The molecule has 1 aromatic heterocycles. The van der Waals surface area contributed by atoms with Gasteiger partial charge in [0.2, 0.25) is 5.82 Å². The topological polar surface area (TPSA) is 60.2 Å². The van der Waals surface area contributed by atoms with Crippen molar-refractivity contribution in [1.82, 2.24) is 10.1 Å². The molecule has 1 rings (SSSR count). The SMILES string of the molecule is CCOC(C)c1noc(NC)n1. The first-order chi connectivity index (χ1) is 5.77. The molecular formula is C7H13N3O2. The minimum absolute atomic E-state index is 0.110. The average molecular weight is 171 g/mol. The van der Waals surface area contributed by atoms with Gasteiger partial charge < -0.3 is 14.6 Å². The molecule has 1 N–H and O–H groups in total. The third-order valence-electron chi connectivity index (χ3n) is 1.44. The van der Waals surface area contributed by atoms with Crippen LogP contribution in [0, 0.1) is 0 Å². The number of rotatable bonds is 4. The summed E-state index contributed by atoms with van der Waals surface area (Å²) in [5.74, 6) is 0.571. The van der Waals surface area contributed by atoms with Crippen LogP contribution in [0.1, 0.15) is 25.8 Å². The van der Waals surface area contributed by atoms with Crippen molar-refractivity contribution in [3.05, 3.63) is 5.82 Å². The Morgan fingerprint density at radius 2 is 2.42 bits per heavy atom. The third kappa shape index (κ3) is 1.94. The van der Waals surface area contributed by atoms with Crippen molar-refractivity contribution < 1.29 is 9.26 Å². The van der Waals surface area contributed by atoms with E-state index in [-0.39, 0.29) is 6.10 Å². The third-order valence-corrected chi connectivity index (χ3v) is 1.44. The van der Waals surface area contributed by atoms with Crippen LogP contribution in [0.2, 0.25) is 0 Å². The maximum Gasteiger partial charge on any atom is 0.321 e. The van der Waals surface area contributed by atoms with Gasteiger partial charge in [0, 0.05) is 13.7 Å². The van der Waals surface area contributed by atoms with Gasteiger partial charge in [-0.1, -0.05) is 5.16 Å². The van der Waals surface area contributed by atoms with Gasteiger partial charge in [-0.3, -0.25) is 0 Å². The van der Waals surface area contributed by atoms with E-state index in [4.69, 9.17) is 9.26 Å². The van der Waals surface area contributed by atoms with E-state index in [0.717, 1.165) is 0 Å². The lowest BCUT2D eigenvalue weighted by atomic mass is 10.4. The highest BCUT2D eigenvalue weighted by Crippen LogP contribution is 2.13. The van der Waals surface area contributed by atoms with Crippen LogP contribution in [0.3, 0.4) is 0 Å². The highest BCUT2D eigenvalue weighted by molar-refractivity contribution is 5.16. The number of hydrogen-bond donors (Lipinski definition) is 1. The first-order valence-corrected chi connectivity index (χ1v) is 3.91. The highest BCUT2D eigenvalue weighted by atomic mass is 16.5. The summed E-state index contributed by atoms with van der Waals surface area (Å²) in [4.78, 5) is 4.03. The lowest BCUT2D eigenvalue weighted by Gasteiger charge is -2.04. The molecule has 1 aromatic rings. The number of hydrogen-bond acceptors (Lipinski definition) is 5. The van der Waals surface area contributed by atoms with Gasteiger partial charge in [-0.05, 0) is 13.8 Å². The average Bonchev–Trinajstić information content (AvgIpc) is 2.52. The lowest BCUT2D eigenvalue weighted by Crippen LogP contribution is -2.01. The fourth-order valence-electron chi connectivity index (χ4n) is 0.826. The number of aromatic nitrogens is 2. The summed E-state index contributed by atoms with van der Waals surface area (Å²) in [5, 5.41) is 6.48. The van der Waals surface area contributed by atoms with Crippen molar-refractivity contribution in [3.63, 3.8) is 0 Å². The minimum Gasteiger partial charge on any atom is -0.371 e. The second kappa shape index (κ2) is 4.06. The summed E-state index contributed by atoms with van der Waals surface area (Å²) >= 11 is 0. The molecule has 0 amide bonds. The van der Waals surface area contributed by atoms with Gasteiger partial charge >= 0.3 is 6.01 Å². The molecule has 0 aliphatic carbocycles. The molecule has 5 heteroatoms. The van der Waals surface area contributed by atoms with Crippen molar-refractivity contribution in [2.75, 3.05) is 19.0 Å². The Bertz CT molecular complexity index is 236. The van der Waals surface area contributed by atoms with E-state index in [1.165, 1.54) is 0 Å². The Morgan fingerprint density at radius 1 is 1.67 bits per heavy atom. The largest absolute Gasteiger partial charge is 0.371 e. The van der Waals surface area contributed by atoms with Crippen LogP contribution in [-0.4, -0.2) is 23.8 Å². The minimum atomic E-state index is -0.110. The summed E-state index contributed by atoms with van der Waals surface area (Å²) < 4.78 is 10.1. The molecule has 1 heterocycles. The Hall–Kier alpha value is -1.10. The number of anilines is 1. The van der Waals surface area contributed by atoms with Crippen LogP contribution in [0.25, 0.3) is 0 Å². The second-order valence-electron chi connectivity index (χ2n) is 2.31. The molecule has 0 radical (unpaired) electrons. The quantitative estimate of drug-likeness (QED) is 0.737. The van der Waals surface area contributed by atoms with Crippen molar-refractivity contribution in [1.29, 1.82) is 0 Å². The fraction of sp³-hybridized carbons (Fsp3) is 0.714. The van der Waals surface area contributed by atoms with Crippen molar-refractivity contribution in [3.8, 4) is 0 Å². The molecule has 0 spiro atoms. The maximum absolute atomic E-state index is 5.27. The molecule has 12 heavy (non-hydrogen) atoms. The van der Waals surface area contributed by atoms with Crippen LogP contribution in [0.15, 0.2) is 4.52 Å². The van der Waals surface area contributed by atoms with Crippen LogP contribution >= 0.6 is 0 Å². The lowest BCUT2D eigenvalue weighted by molar-refractivity contribution is 0.0683. The molecule has 0 aliphatic rings. The zero-order valence-electron chi connectivity index (χ0n) is 7.50. The Morgan fingerprint density at radius 3 is 2.92 bits per heavy atom. The summed E-state index contributed by atoms with van der Waals surface area (Å²) in [6, 6.07) is 0.413. The molecule has 0 bridgehead atoms. The van der Waals surface area contributed by atoms with E-state index in [0.29, 0.717) is 18.4 Å². The number of nitrogens with one attached hydrogen (secondary N) is 1. The first kappa shape index (κ1) is 8.99. The van der Waals surface area contributed by atoms with Gasteiger partial charge in [-0.25, -0.2) is 0 Å². The second-order valence-corrected chi connectivity index (χ2v) is 2.31. The molecule has 68 valence electrons. The van der Waals surface area contributed by atoms with Gasteiger partial charge in [0.25, 0.3) is 0 Å². The molecule has 1 atom stereocenters. The molecule has 1 unspecified atom stereocenters. The summed E-state index contributed by atoms with van der Waals surface area (Å²) in [5.41, 5.74) is 0. The summed E-state index contributed by atoms with van der Waals surface area (Å²) in [6.07, 6.45) is -0.110. The van der Waals surface area contributed by atoms with Crippen molar-refractivity contribution in [2.45, 2.75) is 20.0 Å². The predicted molar refractivity (Wildman–Crippen MR) is 43.9 cm³/mol. The van der Waals surface area contributed by atoms with Crippen LogP contribution in [-0.2, 0) is 4.74 Å². The normalized spacial score (nSPS) is 12.9. The predicted octanol–water partition coefficient (Wildman–Crippen LogP) is 1.21. The molecule has 0 aromatic carbocycles. The first-order valence-electron chi connectivity index (χ1n) is 3.91. The zero-order chi connectivity index (χ0) is 8.97. The van der Waals surface area contributed by atoms with Gasteiger partial charge in [0.05, 0.1) is 0 Å². The molecule has 0 fully saturated rings. The monoisotopic (exact) mass is 171 g/mol. The summed E-state index contributed by atoms with van der Waals surface area (Å²) in [6.45, 7) is 4.45. The Kier molecular flexibility index (Phi) is 3.04. The highest BCUT2D eigenvalue weighted by Gasteiger charge is 2.12. The molecule has 0 aliphatic heterocycles. The summed E-state index contributed by atoms with van der Waals surface area (Å²) in [7, 11) is 1.72. The fourth-order valence-corrected chi connectivity index (χ4v) is 0.826. The van der Waals surface area contributed by atoms with E-state index in [1.807, 2.05) is 13.8 Å². The maximum atomic E-state index is 5.27. The van der Waals surface area contributed by atoms with Gasteiger partial charge in [-0.15, -0.1) is 0 Å². The number of ether oxygens (including phenoxy) is 1.